The molecule has 1 heterocycles. The topological polar surface area (TPSA) is 105 Å². The van der Waals surface area contributed by atoms with Gasteiger partial charge in [-0.3, -0.25) is 14.5 Å². The van der Waals surface area contributed by atoms with Crippen molar-refractivity contribution in [2.45, 2.75) is 39.2 Å². The number of thiocarbonyl (C=S) groups is 1. The highest BCUT2D eigenvalue weighted by Gasteiger charge is 2.32. The fourth-order valence-corrected chi connectivity index (χ4v) is 4.23. The van der Waals surface area contributed by atoms with Crippen molar-refractivity contribution in [2.24, 2.45) is 0 Å². The van der Waals surface area contributed by atoms with Gasteiger partial charge in [0.2, 0.25) is 5.91 Å². The van der Waals surface area contributed by atoms with E-state index in [1.54, 1.807) is 25.3 Å². The minimum Gasteiger partial charge on any atom is -0.493 e. The number of methoxy groups -OCH3 is 1. The van der Waals surface area contributed by atoms with Crippen LogP contribution < -0.4 is 14.8 Å². The molecular weight excluding hydrogens is 440 g/mol. The Hall–Kier alpha value is -2.59. The fourth-order valence-electron chi connectivity index (χ4n) is 2.92. The number of ether oxygens (including phenoxy) is 2. The van der Waals surface area contributed by atoms with E-state index in [-0.39, 0.29) is 18.9 Å². The first-order valence-corrected chi connectivity index (χ1v) is 11.1. The van der Waals surface area contributed by atoms with Crippen molar-refractivity contribution in [2.75, 3.05) is 20.3 Å². The van der Waals surface area contributed by atoms with Crippen LogP contribution in [0.3, 0.4) is 0 Å². The Morgan fingerprint density at radius 2 is 2.06 bits per heavy atom. The van der Waals surface area contributed by atoms with Gasteiger partial charge >= 0.3 is 5.97 Å². The van der Waals surface area contributed by atoms with Crippen molar-refractivity contribution < 1.29 is 29.0 Å². The molecule has 2 amide bonds. The van der Waals surface area contributed by atoms with Gasteiger partial charge in [0, 0.05) is 13.0 Å². The van der Waals surface area contributed by atoms with Gasteiger partial charge in [0.15, 0.2) is 11.5 Å². The lowest BCUT2D eigenvalue weighted by Gasteiger charge is -2.16. The summed E-state index contributed by atoms with van der Waals surface area (Å²) in [6.07, 6.45) is 2.65. The normalized spacial score (nSPS) is 15.8. The zero-order valence-corrected chi connectivity index (χ0v) is 19.3. The summed E-state index contributed by atoms with van der Waals surface area (Å²) < 4.78 is 11.2. The lowest BCUT2D eigenvalue weighted by molar-refractivity contribution is -0.142. The molecule has 1 atom stereocenters. The molecule has 0 spiro atoms. The van der Waals surface area contributed by atoms with Crippen molar-refractivity contribution in [3.05, 3.63) is 28.7 Å². The van der Waals surface area contributed by atoms with E-state index in [1.807, 2.05) is 19.9 Å². The Bertz CT molecular complexity index is 887. The summed E-state index contributed by atoms with van der Waals surface area (Å²) in [5, 5.41) is 11.6. The number of hydrogen-bond donors (Lipinski definition) is 2. The van der Waals surface area contributed by atoms with Gasteiger partial charge in [-0.25, -0.2) is 4.79 Å². The van der Waals surface area contributed by atoms with E-state index in [4.69, 9.17) is 26.8 Å². The van der Waals surface area contributed by atoms with Crippen LogP contribution in [-0.2, 0) is 14.4 Å². The molecule has 168 valence electrons. The minimum atomic E-state index is -1.07. The van der Waals surface area contributed by atoms with Crippen LogP contribution in [0.2, 0.25) is 0 Å². The summed E-state index contributed by atoms with van der Waals surface area (Å²) >= 11 is 6.45. The standard InChI is InChI=1S/C21H26N2O6S2/c1-4-6-14(20(26)27)22-18(24)9-10-23-19(25)17(31-21(23)30)12-13-7-8-15(29-5-2)16(11-13)28-3/h7-8,11-12,14H,4-6,9-10H2,1-3H3,(H,22,24)(H,26,27)/b17-12+. The minimum absolute atomic E-state index is 0.0376. The molecule has 1 unspecified atom stereocenters. The van der Waals surface area contributed by atoms with Gasteiger partial charge < -0.3 is 19.9 Å². The molecule has 0 aliphatic carbocycles. The smallest absolute Gasteiger partial charge is 0.326 e. The fraction of sp³-hybridized carbons (Fsp3) is 0.429. The number of hydrogen-bond acceptors (Lipinski definition) is 7. The molecule has 2 rings (SSSR count). The Labute approximate surface area is 191 Å². The predicted octanol–water partition coefficient (Wildman–Crippen LogP) is 3.05. The maximum Gasteiger partial charge on any atom is 0.326 e. The molecule has 1 aliphatic heterocycles. The Morgan fingerprint density at radius 1 is 1.32 bits per heavy atom. The molecule has 1 aromatic rings. The van der Waals surface area contributed by atoms with E-state index < -0.39 is 17.9 Å². The van der Waals surface area contributed by atoms with Gasteiger partial charge in [0.25, 0.3) is 5.91 Å². The average molecular weight is 467 g/mol. The molecule has 2 N–H and O–H groups in total. The van der Waals surface area contributed by atoms with Gasteiger partial charge in [-0.1, -0.05) is 43.4 Å². The first-order chi connectivity index (χ1) is 14.8. The van der Waals surface area contributed by atoms with E-state index in [9.17, 15) is 14.4 Å². The van der Waals surface area contributed by atoms with Crippen molar-refractivity contribution in [1.82, 2.24) is 10.2 Å². The highest BCUT2D eigenvalue weighted by Crippen LogP contribution is 2.34. The van der Waals surface area contributed by atoms with Crippen LogP contribution in [0, 0.1) is 0 Å². The first kappa shape index (κ1) is 24.7. The van der Waals surface area contributed by atoms with Crippen LogP contribution in [0.15, 0.2) is 23.1 Å². The van der Waals surface area contributed by atoms with Crippen LogP contribution in [0.1, 0.15) is 38.7 Å². The average Bonchev–Trinajstić information content (AvgIpc) is 2.99. The molecule has 0 aromatic heterocycles. The number of carbonyl (C=O) groups excluding carboxylic acids is 2. The monoisotopic (exact) mass is 466 g/mol. The van der Waals surface area contributed by atoms with Crippen molar-refractivity contribution in [3.8, 4) is 11.5 Å². The number of carboxylic acid groups (broad SMARTS) is 1. The molecule has 0 radical (unpaired) electrons. The molecular formula is C21H26N2O6S2. The quantitative estimate of drug-likeness (QED) is 0.379. The maximum absolute atomic E-state index is 12.8. The first-order valence-electron chi connectivity index (χ1n) is 9.89. The number of carboxylic acids is 1. The number of thioether (sulfide) groups is 1. The molecule has 1 fully saturated rings. The second kappa shape index (κ2) is 11.7. The maximum atomic E-state index is 12.8. The van der Waals surface area contributed by atoms with Gasteiger partial charge in [0.05, 0.1) is 18.6 Å². The molecule has 0 saturated carbocycles. The van der Waals surface area contributed by atoms with Crippen LogP contribution in [-0.4, -0.2) is 58.4 Å². The van der Waals surface area contributed by atoms with E-state index >= 15 is 0 Å². The number of nitrogens with one attached hydrogen (secondary N) is 1. The summed E-state index contributed by atoms with van der Waals surface area (Å²) in [6, 6.07) is 4.42. The van der Waals surface area contributed by atoms with Crippen LogP contribution in [0.25, 0.3) is 6.08 Å². The van der Waals surface area contributed by atoms with Gasteiger partial charge in [0.1, 0.15) is 10.4 Å². The lowest BCUT2D eigenvalue weighted by atomic mass is 10.1. The summed E-state index contributed by atoms with van der Waals surface area (Å²) in [5.74, 6) is -0.630. The molecule has 1 aromatic carbocycles. The molecule has 0 bridgehead atoms. The summed E-state index contributed by atoms with van der Waals surface area (Å²) in [7, 11) is 1.54. The summed E-state index contributed by atoms with van der Waals surface area (Å²) in [6.45, 7) is 4.31. The molecule has 8 nitrogen and oxygen atoms in total. The number of nitrogens with zero attached hydrogens (tertiary/aromatic N) is 1. The van der Waals surface area contributed by atoms with Gasteiger partial charge in [-0.05, 0) is 37.1 Å². The van der Waals surface area contributed by atoms with E-state index in [2.05, 4.69) is 5.32 Å². The predicted molar refractivity (Wildman–Crippen MR) is 123 cm³/mol. The largest absolute Gasteiger partial charge is 0.493 e. The lowest BCUT2D eigenvalue weighted by Crippen LogP contribution is -2.42. The third-order valence-electron chi connectivity index (χ3n) is 4.43. The summed E-state index contributed by atoms with van der Waals surface area (Å²) in [5.41, 5.74) is 0.752. The van der Waals surface area contributed by atoms with Crippen LogP contribution in [0.4, 0.5) is 0 Å². The molecule has 1 aliphatic rings. The van der Waals surface area contributed by atoms with Crippen molar-refractivity contribution >= 4 is 52.2 Å². The summed E-state index contributed by atoms with van der Waals surface area (Å²) in [4.78, 5) is 37.9. The van der Waals surface area contributed by atoms with Crippen molar-refractivity contribution in [3.63, 3.8) is 0 Å². The number of rotatable bonds is 11. The zero-order chi connectivity index (χ0) is 23.0. The van der Waals surface area contributed by atoms with Crippen LogP contribution in [0.5, 0.6) is 11.5 Å². The number of benzene rings is 1. The molecule has 1 saturated heterocycles. The highest BCUT2D eigenvalue weighted by atomic mass is 32.2. The molecule has 31 heavy (non-hydrogen) atoms. The van der Waals surface area contributed by atoms with Gasteiger partial charge in [-0.15, -0.1) is 0 Å². The van der Waals surface area contributed by atoms with Crippen LogP contribution >= 0.6 is 24.0 Å². The Balaban J connectivity index is 2.04. The Kier molecular flexibility index (Phi) is 9.32. The Morgan fingerprint density at radius 3 is 2.68 bits per heavy atom. The third-order valence-corrected chi connectivity index (χ3v) is 5.81. The second-order valence-electron chi connectivity index (χ2n) is 6.67. The SMILES string of the molecule is CCCC(NC(=O)CCN1C(=O)/C(=C\c2ccc(OCC)c(OC)c2)SC1=S)C(=O)O. The van der Waals surface area contributed by atoms with E-state index in [1.165, 1.54) is 4.90 Å². The number of aliphatic carboxylic acids is 1. The van der Waals surface area contributed by atoms with Crippen molar-refractivity contribution in [1.29, 1.82) is 0 Å². The number of carbonyl (C=O) groups is 3. The zero-order valence-electron chi connectivity index (χ0n) is 17.7. The van der Waals surface area contributed by atoms with E-state index in [0.717, 1.165) is 17.3 Å². The third kappa shape index (κ3) is 6.70. The molecule has 10 heteroatoms. The van der Waals surface area contributed by atoms with E-state index in [0.29, 0.717) is 40.2 Å². The second-order valence-corrected chi connectivity index (χ2v) is 8.35. The highest BCUT2D eigenvalue weighted by molar-refractivity contribution is 8.26. The van der Waals surface area contributed by atoms with Gasteiger partial charge in [-0.2, -0.15) is 0 Å². The number of amides is 2.